The second kappa shape index (κ2) is 5.28. The second-order valence-corrected chi connectivity index (χ2v) is 5.91. The third-order valence-corrected chi connectivity index (χ3v) is 3.87. The number of nitrogens with two attached hydrogens (primary N) is 1. The van der Waals surface area contributed by atoms with Crippen molar-refractivity contribution in [2.75, 3.05) is 6.54 Å². The zero-order valence-electron chi connectivity index (χ0n) is 12.3. The van der Waals surface area contributed by atoms with E-state index in [-0.39, 0.29) is 12.4 Å². The van der Waals surface area contributed by atoms with Crippen LogP contribution >= 0.6 is 0 Å². The number of halogens is 1. The predicted octanol–water partition coefficient (Wildman–Crippen LogP) is 2.19. The highest BCUT2D eigenvalue weighted by Gasteiger charge is 2.52. The molecular weight excluding hydrogens is 258 g/mol. The normalized spacial score (nSPS) is 21.3. The summed E-state index contributed by atoms with van der Waals surface area (Å²) in [6.07, 6.45) is 3.13. The number of hydrogen-bond acceptors (Lipinski definition) is 4. The Morgan fingerprint density at radius 1 is 1.35 bits per heavy atom. The minimum absolute atomic E-state index is 0.259. The predicted molar refractivity (Wildman–Crippen MR) is 77.3 cm³/mol. The molecule has 4 nitrogen and oxygen atoms in total. The summed E-state index contributed by atoms with van der Waals surface area (Å²) in [7, 11) is -0.532. The topological polar surface area (TPSA) is 57.4 Å². The summed E-state index contributed by atoms with van der Waals surface area (Å²) in [5.74, 6) is -0.337. The van der Waals surface area contributed by atoms with E-state index in [4.69, 9.17) is 15.0 Å². The molecule has 2 N–H and O–H groups in total. The molecule has 1 aliphatic heterocycles. The molecule has 0 bridgehead atoms. The first-order valence-corrected chi connectivity index (χ1v) is 6.63. The minimum Gasteiger partial charge on any atom is -0.400 e. The largest absolute Gasteiger partial charge is 0.491 e. The first-order valence-electron chi connectivity index (χ1n) is 6.63. The molecular formula is C14H20BFN2O2. The minimum atomic E-state index is -0.532. The van der Waals surface area contributed by atoms with Crippen molar-refractivity contribution in [3.8, 4) is 0 Å². The molecule has 0 aliphatic carbocycles. The highest BCUT2D eigenvalue weighted by Crippen LogP contribution is 2.38. The van der Waals surface area contributed by atoms with E-state index < -0.39 is 18.3 Å². The Morgan fingerprint density at radius 3 is 2.45 bits per heavy atom. The fourth-order valence-corrected chi connectivity index (χ4v) is 1.91. The lowest BCUT2D eigenvalue weighted by Crippen LogP contribution is -2.41. The van der Waals surface area contributed by atoms with Gasteiger partial charge in [0.05, 0.1) is 16.9 Å². The quantitative estimate of drug-likeness (QED) is 0.861. The zero-order chi connectivity index (χ0) is 15.0. The Bertz CT molecular complexity index is 516. The SMILES string of the molecule is CC1(C)OB(C(=Cc2cc(F)ccn2)CN)OC1(C)C. The average Bonchev–Trinajstić information content (AvgIpc) is 2.55. The van der Waals surface area contributed by atoms with Crippen LogP contribution in [-0.2, 0) is 9.31 Å². The van der Waals surface area contributed by atoms with E-state index in [9.17, 15) is 4.39 Å². The van der Waals surface area contributed by atoms with E-state index in [1.165, 1.54) is 18.3 Å². The van der Waals surface area contributed by atoms with Gasteiger partial charge >= 0.3 is 7.12 Å². The van der Waals surface area contributed by atoms with E-state index >= 15 is 0 Å². The first-order chi connectivity index (χ1) is 9.25. The van der Waals surface area contributed by atoms with Crippen LogP contribution in [0, 0.1) is 5.82 Å². The van der Waals surface area contributed by atoms with Crippen molar-refractivity contribution in [2.24, 2.45) is 5.73 Å². The monoisotopic (exact) mass is 278 g/mol. The van der Waals surface area contributed by atoms with Gasteiger partial charge in [-0.1, -0.05) is 0 Å². The molecule has 0 unspecified atom stereocenters. The van der Waals surface area contributed by atoms with Gasteiger partial charge in [0.15, 0.2) is 0 Å². The van der Waals surface area contributed by atoms with Gasteiger partial charge in [-0.25, -0.2) is 4.39 Å². The highest BCUT2D eigenvalue weighted by atomic mass is 19.1. The maximum Gasteiger partial charge on any atom is 0.491 e. The van der Waals surface area contributed by atoms with Gasteiger partial charge in [0.25, 0.3) is 0 Å². The maximum absolute atomic E-state index is 13.2. The molecule has 6 heteroatoms. The van der Waals surface area contributed by atoms with Crippen molar-refractivity contribution in [3.63, 3.8) is 0 Å². The van der Waals surface area contributed by atoms with Crippen LogP contribution in [0.4, 0.5) is 4.39 Å². The van der Waals surface area contributed by atoms with Crippen LogP contribution < -0.4 is 5.73 Å². The van der Waals surface area contributed by atoms with E-state index in [0.717, 1.165) is 5.47 Å². The summed E-state index contributed by atoms with van der Waals surface area (Å²) < 4.78 is 25.0. The average molecular weight is 278 g/mol. The zero-order valence-corrected chi connectivity index (χ0v) is 12.3. The van der Waals surface area contributed by atoms with Crippen LogP contribution in [0.15, 0.2) is 23.8 Å². The summed E-state index contributed by atoms with van der Waals surface area (Å²) in [6, 6.07) is 2.65. The van der Waals surface area contributed by atoms with Gasteiger partial charge in [-0.05, 0) is 51.4 Å². The lowest BCUT2D eigenvalue weighted by molar-refractivity contribution is 0.00578. The van der Waals surface area contributed by atoms with E-state index in [0.29, 0.717) is 5.69 Å². The van der Waals surface area contributed by atoms with Gasteiger partial charge in [0.2, 0.25) is 0 Å². The van der Waals surface area contributed by atoms with Crippen LogP contribution in [0.25, 0.3) is 6.08 Å². The summed E-state index contributed by atoms with van der Waals surface area (Å²) in [6.45, 7) is 8.15. The molecule has 0 radical (unpaired) electrons. The molecule has 1 aliphatic rings. The molecule has 1 aromatic heterocycles. The van der Waals surface area contributed by atoms with Crippen molar-refractivity contribution in [2.45, 2.75) is 38.9 Å². The molecule has 1 aromatic rings. The fourth-order valence-electron chi connectivity index (χ4n) is 1.91. The second-order valence-electron chi connectivity index (χ2n) is 5.91. The third kappa shape index (κ3) is 2.92. The van der Waals surface area contributed by atoms with Crippen molar-refractivity contribution in [1.29, 1.82) is 0 Å². The van der Waals surface area contributed by atoms with E-state index in [1.54, 1.807) is 6.08 Å². The molecule has 0 saturated carbocycles. The summed E-state index contributed by atoms with van der Waals surface area (Å²) in [5, 5.41) is 0. The van der Waals surface area contributed by atoms with Crippen LogP contribution in [-0.4, -0.2) is 29.8 Å². The van der Waals surface area contributed by atoms with Gasteiger partial charge in [0.1, 0.15) is 5.82 Å². The molecule has 2 heterocycles. The standard InChI is InChI=1S/C14H20BFN2O2/c1-13(2)14(3,4)20-15(19-13)10(9-17)7-12-8-11(16)5-6-18-12/h5-8H,9,17H2,1-4H3. The number of nitrogens with zero attached hydrogens (tertiary/aromatic N) is 1. The molecule has 0 spiro atoms. The van der Waals surface area contributed by atoms with Crippen molar-refractivity contribution in [3.05, 3.63) is 35.3 Å². The molecule has 108 valence electrons. The fraction of sp³-hybridized carbons (Fsp3) is 0.500. The molecule has 2 rings (SSSR count). The van der Waals surface area contributed by atoms with Crippen molar-refractivity contribution >= 4 is 13.2 Å². The van der Waals surface area contributed by atoms with Crippen LogP contribution in [0.2, 0.25) is 0 Å². The van der Waals surface area contributed by atoms with Gasteiger partial charge in [-0.3, -0.25) is 4.98 Å². The number of pyridine rings is 1. The molecule has 1 fully saturated rings. The Balaban J connectivity index is 2.26. The van der Waals surface area contributed by atoms with Crippen molar-refractivity contribution in [1.82, 2.24) is 4.98 Å². The molecule has 0 atom stereocenters. The van der Waals surface area contributed by atoms with Crippen molar-refractivity contribution < 1.29 is 13.7 Å². The van der Waals surface area contributed by atoms with Gasteiger partial charge in [0, 0.05) is 12.7 Å². The van der Waals surface area contributed by atoms with Gasteiger partial charge < -0.3 is 15.0 Å². The highest BCUT2D eigenvalue weighted by molar-refractivity contribution is 6.55. The van der Waals surface area contributed by atoms with Crippen LogP contribution in [0.5, 0.6) is 0 Å². The van der Waals surface area contributed by atoms with Crippen LogP contribution in [0.1, 0.15) is 33.4 Å². The third-order valence-electron chi connectivity index (χ3n) is 3.87. The molecule has 0 amide bonds. The van der Waals surface area contributed by atoms with Crippen LogP contribution in [0.3, 0.4) is 0 Å². The van der Waals surface area contributed by atoms with Gasteiger partial charge in [-0.15, -0.1) is 0 Å². The Labute approximate surface area is 119 Å². The number of rotatable bonds is 3. The Hall–Kier alpha value is -1.24. The lowest BCUT2D eigenvalue weighted by atomic mass is 9.77. The smallest absolute Gasteiger partial charge is 0.400 e. The lowest BCUT2D eigenvalue weighted by Gasteiger charge is -2.32. The summed E-state index contributed by atoms with van der Waals surface area (Å²) >= 11 is 0. The molecule has 20 heavy (non-hydrogen) atoms. The summed E-state index contributed by atoms with van der Waals surface area (Å²) in [4.78, 5) is 4.09. The van der Waals surface area contributed by atoms with E-state index in [1.807, 2.05) is 27.7 Å². The first kappa shape index (κ1) is 15.2. The van der Waals surface area contributed by atoms with E-state index in [2.05, 4.69) is 4.98 Å². The molecule has 0 aromatic carbocycles. The maximum atomic E-state index is 13.2. The Morgan fingerprint density at radius 2 is 1.95 bits per heavy atom. The van der Waals surface area contributed by atoms with Gasteiger partial charge in [-0.2, -0.15) is 0 Å². The molecule has 1 saturated heterocycles. The Kier molecular flexibility index (Phi) is 4.00. The number of aromatic nitrogens is 1. The number of hydrogen-bond donors (Lipinski definition) is 1. The summed E-state index contributed by atoms with van der Waals surface area (Å²) in [5.41, 5.74) is 6.15.